The first-order valence-corrected chi connectivity index (χ1v) is 7.98. The van der Waals surface area contributed by atoms with Gasteiger partial charge in [-0.1, -0.05) is 32.3 Å². The average Bonchev–Trinajstić information content (AvgIpc) is 2.70. The Morgan fingerprint density at radius 3 is 2.26 bits per heavy atom. The fourth-order valence-corrected chi connectivity index (χ4v) is 2.69. The lowest BCUT2D eigenvalue weighted by atomic mass is 10.1. The Morgan fingerprint density at radius 1 is 1.05 bits per heavy atom. The molecule has 0 amide bonds. The largest absolute Gasteiger partial charge is 0.492 e. The van der Waals surface area contributed by atoms with E-state index in [9.17, 15) is 0 Å². The van der Waals surface area contributed by atoms with Gasteiger partial charge in [0.1, 0.15) is 12.4 Å². The highest BCUT2D eigenvalue weighted by Crippen LogP contribution is 2.17. The third-order valence-electron chi connectivity index (χ3n) is 3.81. The molecule has 1 saturated heterocycles. The van der Waals surface area contributed by atoms with E-state index in [1.165, 1.54) is 50.8 Å². The van der Waals surface area contributed by atoms with E-state index in [4.69, 9.17) is 4.74 Å². The maximum Gasteiger partial charge on any atom is 0.117 e. The van der Waals surface area contributed by atoms with Crippen molar-refractivity contribution in [1.82, 2.24) is 4.90 Å². The summed E-state index contributed by atoms with van der Waals surface area (Å²) in [5.74, 6) is 1.08. The molecule has 0 N–H and O–H groups in total. The van der Waals surface area contributed by atoms with Gasteiger partial charge in [0, 0.05) is 6.54 Å². The van der Waals surface area contributed by atoms with Crippen molar-refractivity contribution < 1.29 is 4.74 Å². The van der Waals surface area contributed by atoms with Crippen molar-refractivity contribution >= 4 is 0 Å². The van der Waals surface area contributed by atoms with Gasteiger partial charge in [-0.15, -0.1) is 0 Å². The Labute approximate surface area is 119 Å². The zero-order valence-corrected chi connectivity index (χ0v) is 13.1. The molecular weight excluding hydrogens is 234 g/mol. The second-order valence-electron chi connectivity index (χ2n) is 5.32. The molecule has 1 aliphatic heterocycles. The molecule has 0 radical (unpaired) electrons. The van der Waals surface area contributed by atoms with Gasteiger partial charge in [0.15, 0.2) is 0 Å². The summed E-state index contributed by atoms with van der Waals surface area (Å²) in [6.07, 6.45) is 12.1. The summed E-state index contributed by atoms with van der Waals surface area (Å²) in [7, 11) is 0. The van der Waals surface area contributed by atoms with Crippen LogP contribution in [0.4, 0.5) is 0 Å². The van der Waals surface area contributed by atoms with Gasteiger partial charge in [-0.3, -0.25) is 4.90 Å². The minimum atomic E-state index is 0.820. The summed E-state index contributed by atoms with van der Waals surface area (Å²) in [4.78, 5) is 2.55. The maximum absolute atomic E-state index is 5.99. The second-order valence-corrected chi connectivity index (χ2v) is 5.32. The lowest BCUT2D eigenvalue weighted by molar-refractivity contribution is 0.163. The first-order valence-electron chi connectivity index (χ1n) is 7.98. The fraction of sp³-hybridized carbons (Fsp3) is 0.765. The Morgan fingerprint density at radius 2 is 1.74 bits per heavy atom. The first-order chi connectivity index (χ1) is 9.31. The van der Waals surface area contributed by atoms with Crippen LogP contribution in [0.3, 0.4) is 0 Å². The van der Waals surface area contributed by atoms with Crippen LogP contribution in [0.15, 0.2) is 23.5 Å². The molecule has 0 unspecified atom stereocenters. The van der Waals surface area contributed by atoms with Crippen LogP contribution in [0, 0.1) is 0 Å². The lowest BCUT2D eigenvalue weighted by Gasteiger charge is -2.21. The predicted molar refractivity (Wildman–Crippen MR) is 83.3 cm³/mol. The molecule has 0 saturated carbocycles. The molecule has 0 aromatic rings. The van der Waals surface area contributed by atoms with E-state index in [1.54, 1.807) is 0 Å². The van der Waals surface area contributed by atoms with Crippen molar-refractivity contribution in [2.45, 2.75) is 59.3 Å². The van der Waals surface area contributed by atoms with Gasteiger partial charge in [-0.2, -0.15) is 0 Å². The topological polar surface area (TPSA) is 12.5 Å². The number of ether oxygens (including phenoxy) is 1. The van der Waals surface area contributed by atoms with Gasteiger partial charge in [0.2, 0.25) is 0 Å². The van der Waals surface area contributed by atoms with Gasteiger partial charge in [-0.25, -0.2) is 0 Å². The first kappa shape index (κ1) is 16.3. The van der Waals surface area contributed by atoms with Crippen molar-refractivity contribution in [3.63, 3.8) is 0 Å². The van der Waals surface area contributed by atoms with Crippen LogP contribution >= 0.6 is 0 Å². The predicted octanol–water partition coefficient (Wildman–Crippen LogP) is 4.53. The summed E-state index contributed by atoms with van der Waals surface area (Å²) >= 11 is 0. The SMILES string of the molecule is CC=C(CCC)C(=CC)OCCN1CCCCCC1. The highest BCUT2D eigenvalue weighted by atomic mass is 16.5. The van der Waals surface area contributed by atoms with Gasteiger partial charge in [-0.05, 0) is 57.8 Å². The molecule has 110 valence electrons. The summed E-state index contributed by atoms with van der Waals surface area (Å²) in [5, 5.41) is 0. The Balaban J connectivity index is 2.33. The quantitative estimate of drug-likeness (QED) is 0.495. The van der Waals surface area contributed by atoms with E-state index in [1.807, 2.05) is 0 Å². The van der Waals surface area contributed by atoms with E-state index in [2.05, 4.69) is 37.8 Å². The molecule has 2 heteroatoms. The van der Waals surface area contributed by atoms with Crippen LogP contribution < -0.4 is 0 Å². The van der Waals surface area contributed by atoms with Crippen LogP contribution in [-0.4, -0.2) is 31.1 Å². The number of allylic oxidation sites excluding steroid dienone is 3. The summed E-state index contributed by atoms with van der Waals surface area (Å²) in [6.45, 7) is 10.8. The minimum absolute atomic E-state index is 0.820. The van der Waals surface area contributed by atoms with Crippen LogP contribution in [-0.2, 0) is 4.74 Å². The molecular formula is C17H31NO. The number of hydrogen-bond donors (Lipinski definition) is 0. The fourth-order valence-electron chi connectivity index (χ4n) is 2.69. The molecule has 19 heavy (non-hydrogen) atoms. The Hall–Kier alpha value is -0.760. The van der Waals surface area contributed by atoms with Crippen molar-refractivity contribution in [3.8, 4) is 0 Å². The van der Waals surface area contributed by atoms with Crippen LogP contribution in [0.2, 0.25) is 0 Å². The maximum atomic E-state index is 5.99. The number of hydrogen-bond acceptors (Lipinski definition) is 2. The van der Waals surface area contributed by atoms with E-state index >= 15 is 0 Å². The molecule has 2 nitrogen and oxygen atoms in total. The Bertz CT molecular complexity index is 286. The zero-order chi connectivity index (χ0) is 13.9. The molecule has 1 fully saturated rings. The summed E-state index contributed by atoms with van der Waals surface area (Å²) < 4.78 is 5.99. The van der Waals surface area contributed by atoms with Crippen LogP contribution in [0.25, 0.3) is 0 Å². The smallest absolute Gasteiger partial charge is 0.117 e. The number of likely N-dealkylation sites (tertiary alicyclic amines) is 1. The van der Waals surface area contributed by atoms with Gasteiger partial charge >= 0.3 is 0 Å². The molecule has 0 spiro atoms. The lowest BCUT2D eigenvalue weighted by Crippen LogP contribution is -2.28. The molecule has 0 bridgehead atoms. The number of nitrogens with zero attached hydrogens (tertiary/aromatic N) is 1. The Kier molecular flexibility index (Phi) is 8.64. The summed E-state index contributed by atoms with van der Waals surface area (Å²) in [5.41, 5.74) is 1.35. The molecule has 0 atom stereocenters. The molecule has 0 aromatic carbocycles. The minimum Gasteiger partial charge on any atom is -0.492 e. The van der Waals surface area contributed by atoms with E-state index < -0.39 is 0 Å². The van der Waals surface area contributed by atoms with E-state index in [0.717, 1.165) is 25.3 Å². The van der Waals surface area contributed by atoms with Crippen molar-refractivity contribution in [2.24, 2.45) is 0 Å². The van der Waals surface area contributed by atoms with E-state index in [-0.39, 0.29) is 0 Å². The molecule has 1 heterocycles. The highest BCUT2D eigenvalue weighted by Gasteiger charge is 2.09. The third-order valence-corrected chi connectivity index (χ3v) is 3.81. The molecule has 1 rings (SSSR count). The standard InChI is InChI=1S/C17H31NO/c1-4-11-16(5-2)17(6-3)19-15-14-18-12-9-7-8-10-13-18/h5-6H,4,7-15H2,1-3H3. The van der Waals surface area contributed by atoms with Crippen molar-refractivity contribution in [2.75, 3.05) is 26.2 Å². The zero-order valence-electron chi connectivity index (χ0n) is 13.1. The van der Waals surface area contributed by atoms with Crippen molar-refractivity contribution in [3.05, 3.63) is 23.5 Å². The molecule has 0 aromatic heterocycles. The van der Waals surface area contributed by atoms with Gasteiger partial charge in [0.25, 0.3) is 0 Å². The molecule has 0 aliphatic carbocycles. The highest BCUT2D eigenvalue weighted by molar-refractivity contribution is 5.24. The molecule has 1 aliphatic rings. The summed E-state index contributed by atoms with van der Waals surface area (Å²) in [6, 6.07) is 0. The van der Waals surface area contributed by atoms with Gasteiger partial charge in [0.05, 0.1) is 0 Å². The van der Waals surface area contributed by atoms with Crippen LogP contribution in [0.5, 0.6) is 0 Å². The number of rotatable bonds is 7. The van der Waals surface area contributed by atoms with Crippen molar-refractivity contribution in [1.29, 1.82) is 0 Å². The van der Waals surface area contributed by atoms with E-state index in [0.29, 0.717) is 0 Å². The second kappa shape index (κ2) is 10.1. The normalized spacial score (nSPS) is 19.3. The third kappa shape index (κ3) is 6.29. The monoisotopic (exact) mass is 265 g/mol. The van der Waals surface area contributed by atoms with Gasteiger partial charge < -0.3 is 4.74 Å². The van der Waals surface area contributed by atoms with Crippen LogP contribution in [0.1, 0.15) is 59.3 Å². The average molecular weight is 265 g/mol.